The molecule has 0 saturated carbocycles. The number of hydrogen-bond acceptors (Lipinski definition) is 5. The van der Waals surface area contributed by atoms with Crippen molar-refractivity contribution < 1.29 is 17.6 Å². The third-order valence-corrected chi connectivity index (χ3v) is 6.06. The molecule has 138 valence electrons. The quantitative estimate of drug-likeness (QED) is 0.662. The molecule has 26 heavy (non-hydrogen) atoms. The highest BCUT2D eigenvalue weighted by molar-refractivity contribution is 9.11. The number of rotatable bonds is 6. The average Bonchev–Trinajstić information content (AvgIpc) is 2.98. The normalized spacial score (nSPS) is 19.0. The molecule has 1 aromatic rings. The van der Waals surface area contributed by atoms with Gasteiger partial charge in [-0.3, -0.25) is 9.52 Å². The summed E-state index contributed by atoms with van der Waals surface area (Å²) in [6.45, 7) is 1.74. The molecule has 0 saturated heterocycles. The number of anilines is 1. The Morgan fingerprint density at radius 3 is 2.96 bits per heavy atom. The van der Waals surface area contributed by atoms with Crippen LogP contribution in [-0.2, 0) is 10.0 Å². The van der Waals surface area contributed by atoms with E-state index in [4.69, 9.17) is 0 Å². The van der Waals surface area contributed by atoms with Crippen molar-refractivity contribution in [1.29, 1.82) is 0 Å². The second-order valence-electron chi connectivity index (χ2n) is 6.04. The van der Waals surface area contributed by atoms with Crippen LogP contribution in [-0.4, -0.2) is 25.8 Å². The molecule has 6 nitrogen and oxygen atoms in total. The van der Waals surface area contributed by atoms with Crippen LogP contribution < -0.4 is 10.0 Å². The number of carbonyl (C=O) groups is 1. The van der Waals surface area contributed by atoms with E-state index in [-0.39, 0.29) is 22.9 Å². The Bertz CT molecular complexity index is 954. The Kier molecular flexibility index (Phi) is 5.29. The minimum Gasteiger partial charge on any atom is -0.349 e. The molecule has 0 bridgehead atoms. The molecular weight excluding hydrogens is 425 g/mol. The number of amidine groups is 1. The fourth-order valence-electron chi connectivity index (χ4n) is 2.86. The van der Waals surface area contributed by atoms with Gasteiger partial charge in [-0.25, -0.2) is 17.8 Å². The number of carbonyl (C=O) groups excluding carboxylic acids is 1. The Balaban J connectivity index is 1.87. The van der Waals surface area contributed by atoms with E-state index in [0.717, 1.165) is 10.5 Å². The first kappa shape index (κ1) is 18.8. The number of nitrogens with one attached hydrogen (secondary N) is 2. The Morgan fingerprint density at radius 1 is 1.46 bits per heavy atom. The molecule has 0 amide bonds. The van der Waals surface area contributed by atoms with Crippen molar-refractivity contribution in [2.75, 3.05) is 10.5 Å². The molecule has 2 N–H and O–H groups in total. The standard InChI is InChI=1S/C17H17BrFN3O3S/c1-2-5-26(24,25)22-11-3-4-15(19)13(7-11)16(23)14-9-21-17-12(14)6-10(18)8-20-17/h3-4,7-9,12,22H,2,5-6H2,1H3,(H,20,21). The number of Topliss-reactive ketones (excluding diaryl/α,β-unsaturated/α-hetero) is 1. The molecule has 0 fully saturated rings. The second kappa shape index (κ2) is 7.32. The van der Waals surface area contributed by atoms with Crippen LogP contribution in [0.25, 0.3) is 0 Å². The molecule has 0 aliphatic carbocycles. The van der Waals surface area contributed by atoms with Crippen molar-refractivity contribution in [2.45, 2.75) is 19.8 Å². The van der Waals surface area contributed by atoms with Crippen LogP contribution in [0.4, 0.5) is 10.1 Å². The molecule has 0 spiro atoms. The molecule has 9 heteroatoms. The first-order chi connectivity index (χ1) is 12.3. The monoisotopic (exact) mass is 441 g/mol. The topological polar surface area (TPSA) is 87.6 Å². The van der Waals surface area contributed by atoms with Gasteiger partial charge in [0.25, 0.3) is 0 Å². The third kappa shape index (κ3) is 3.88. The lowest BCUT2D eigenvalue weighted by Gasteiger charge is -2.17. The summed E-state index contributed by atoms with van der Waals surface area (Å²) in [5.74, 6) is -0.891. The van der Waals surface area contributed by atoms with Crippen molar-refractivity contribution in [3.8, 4) is 0 Å². The van der Waals surface area contributed by atoms with E-state index >= 15 is 0 Å². The minimum absolute atomic E-state index is 0.0506. The zero-order chi connectivity index (χ0) is 18.9. The fraction of sp³-hybridized carbons (Fsp3) is 0.294. The maximum absolute atomic E-state index is 14.3. The van der Waals surface area contributed by atoms with Gasteiger partial charge in [0.1, 0.15) is 11.7 Å². The van der Waals surface area contributed by atoms with Gasteiger partial charge in [0, 0.05) is 28.1 Å². The van der Waals surface area contributed by atoms with Gasteiger partial charge < -0.3 is 5.32 Å². The van der Waals surface area contributed by atoms with E-state index in [0.29, 0.717) is 24.3 Å². The van der Waals surface area contributed by atoms with E-state index in [9.17, 15) is 17.6 Å². The van der Waals surface area contributed by atoms with Crippen LogP contribution in [0.15, 0.2) is 45.6 Å². The van der Waals surface area contributed by atoms with Crippen LogP contribution in [0.5, 0.6) is 0 Å². The lowest BCUT2D eigenvalue weighted by atomic mass is 9.90. The van der Waals surface area contributed by atoms with Gasteiger partial charge in [-0.1, -0.05) is 22.9 Å². The van der Waals surface area contributed by atoms with Crippen molar-refractivity contribution in [2.24, 2.45) is 10.9 Å². The van der Waals surface area contributed by atoms with Crippen molar-refractivity contribution in [1.82, 2.24) is 5.32 Å². The van der Waals surface area contributed by atoms with Gasteiger partial charge in [0.15, 0.2) is 5.78 Å². The number of aliphatic imine (C=N–C) groups is 1. The molecule has 1 aromatic carbocycles. The van der Waals surface area contributed by atoms with Crippen molar-refractivity contribution >= 4 is 43.3 Å². The Morgan fingerprint density at radius 2 is 2.23 bits per heavy atom. The zero-order valence-corrected chi connectivity index (χ0v) is 16.3. The Labute approximate surface area is 159 Å². The average molecular weight is 442 g/mol. The summed E-state index contributed by atoms with van der Waals surface area (Å²) < 4.78 is 41.3. The van der Waals surface area contributed by atoms with Crippen LogP contribution in [0.2, 0.25) is 0 Å². The van der Waals surface area contributed by atoms with Crippen LogP contribution in [0.1, 0.15) is 30.1 Å². The molecule has 1 atom stereocenters. The van der Waals surface area contributed by atoms with Crippen molar-refractivity contribution in [3.63, 3.8) is 0 Å². The lowest BCUT2D eigenvalue weighted by Crippen LogP contribution is -2.24. The summed E-state index contributed by atoms with van der Waals surface area (Å²) in [7, 11) is -3.53. The molecule has 2 aliphatic heterocycles. The van der Waals surface area contributed by atoms with Crippen LogP contribution in [0.3, 0.4) is 0 Å². The molecule has 2 aliphatic rings. The Hall–Kier alpha value is -2.00. The second-order valence-corrected chi connectivity index (χ2v) is 8.90. The fourth-order valence-corrected chi connectivity index (χ4v) is 4.41. The summed E-state index contributed by atoms with van der Waals surface area (Å²) in [5.41, 5.74) is 0.372. The lowest BCUT2D eigenvalue weighted by molar-refractivity contribution is 0.102. The molecule has 3 rings (SSSR count). The SMILES string of the molecule is CCCS(=O)(=O)Nc1ccc(F)c(C(=O)C2=CNC3=NC=C(Br)CC23)c1. The minimum atomic E-state index is -3.53. The third-order valence-electron chi connectivity index (χ3n) is 4.04. The number of nitrogens with zero attached hydrogens (tertiary/aromatic N) is 1. The van der Waals surface area contributed by atoms with Gasteiger partial charge in [-0.15, -0.1) is 0 Å². The van der Waals surface area contributed by atoms with E-state index in [1.54, 1.807) is 13.1 Å². The molecule has 0 aromatic heterocycles. The smallest absolute Gasteiger partial charge is 0.232 e. The number of allylic oxidation sites excluding steroid dienone is 1. The summed E-state index contributed by atoms with van der Waals surface area (Å²) in [6.07, 6.45) is 4.18. The largest absolute Gasteiger partial charge is 0.349 e. The van der Waals surface area contributed by atoms with Gasteiger partial charge in [-0.05, 0) is 31.0 Å². The number of halogens is 2. The van der Waals surface area contributed by atoms with Crippen LogP contribution in [0, 0.1) is 11.7 Å². The zero-order valence-electron chi connectivity index (χ0n) is 13.9. The number of sulfonamides is 1. The van der Waals surface area contributed by atoms with Gasteiger partial charge in [-0.2, -0.15) is 0 Å². The first-order valence-corrected chi connectivity index (χ1v) is 10.5. The van der Waals surface area contributed by atoms with Crippen molar-refractivity contribution in [3.05, 3.63) is 52.0 Å². The molecule has 2 heterocycles. The summed E-state index contributed by atoms with van der Waals surface area (Å²) in [4.78, 5) is 17.1. The van der Waals surface area contributed by atoms with Gasteiger partial charge in [0.2, 0.25) is 10.0 Å². The summed E-state index contributed by atoms with van der Waals surface area (Å²) in [5, 5.41) is 2.94. The predicted octanol–water partition coefficient (Wildman–Crippen LogP) is 3.30. The van der Waals surface area contributed by atoms with E-state index in [1.165, 1.54) is 18.3 Å². The maximum atomic E-state index is 14.3. The number of fused-ring (bicyclic) bond motifs is 1. The molecular formula is C17H17BrFN3O3S. The number of hydrogen-bond donors (Lipinski definition) is 2. The van der Waals surface area contributed by atoms with E-state index in [1.807, 2.05) is 0 Å². The maximum Gasteiger partial charge on any atom is 0.232 e. The molecule has 0 radical (unpaired) electrons. The number of benzene rings is 1. The first-order valence-electron chi connectivity index (χ1n) is 8.04. The van der Waals surface area contributed by atoms with Gasteiger partial charge >= 0.3 is 0 Å². The molecule has 1 unspecified atom stereocenters. The van der Waals surface area contributed by atoms with Crippen LogP contribution >= 0.6 is 15.9 Å². The van der Waals surface area contributed by atoms with E-state index < -0.39 is 21.6 Å². The number of ketones is 1. The van der Waals surface area contributed by atoms with E-state index in [2.05, 4.69) is 31.0 Å². The van der Waals surface area contributed by atoms with Gasteiger partial charge in [0.05, 0.1) is 17.2 Å². The highest BCUT2D eigenvalue weighted by Gasteiger charge is 2.34. The summed E-state index contributed by atoms with van der Waals surface area (Å²) >= 11 is 3.37. The summed E-state index contributed by atoms with van der Waals surface area (Å²) in [6, 6.07) is 3.62. The highest BCUT2D eigenvalue weighted by Crippen LogP contribution is 2.33. The highest BCUT2D eigenvalue weighted by atomic mass is 79.9. The predicted molar refractivity (Wildman–Crippen MR) is 102 cm³/mol.